The Bertz CT molecular complexity index is 223. The molecule has 16 heavy (non-hydrogen) atoms. The maximum absolute atomic E-state index is 11.3. The molecule has 0 heterocycles. The van der Waals surface area contributed by atoms with E-state index in [2.05, 4.69) is 33.5 Å². The van der Waals surface area contributed by atoms with E-state index in [4.69, 9.17) is 9.16 Å². The molecule has 0 aromatic rings. The fourth-order valence-electron chi connectivity index (χ4n) is 1.64. The van der Waals surface area contributed by atoms with Gasteiger partial charge in [0.15, 0.2) is 8.32 Å². The zero-order valence-electron chi connectivity index (χ0n) is 11.6. The van der Waals surface area contributed by atoms with Gasteiger partial charge in [0.1, 0.15) is 0 Å². The molecule has 0 fully saturated rings. The average molecular weight is 246 g/mol. The molecule has 1 atom stereocenters. The normalized spacial score (nSPS) is 15.6. The van der Waals surface area contributed by atoms with Crippen molar-refractivity contribution in [1.29, 1.82) is 0 Å². The van der Waals surface area contributed by atoms with Gasteiger partial charge in [0.25, 0.3) is 0 Å². The second-order valence-electron chi connectivity index (χ2n) is 5.32. The fourth-order valence-corrected chi connectivity index (χ4v) is 3.36. The van der Waals surface area contributed by atoms with Gasteiger partial charge in [-0.25, -0.2) is 0 Å². The summed E-state index contributed by atoms with van der Waals surface area (Å²) in [5.41, 5.74) is -0.183. The molecule has 0 saturated heterocycles. The van der Waals surface area contributed by atoms with Crippen molar-refractivity contribution in [2.45, 2.75) is 65.3 Å². The van der Waals surface area contributed by atoms with E-state index in [9.17, 15) is 4.79 Å². The van der Waals surface area contributed by atoms with Crippen molar-refractivity contribution < 1.29 is 14.0 Å². The third kappa shape index (κ3) is 7.01. The summed E-state index contributed by atoms with van der Waals surface area (Å²) in [6.07, 6.45) is 2.12. The van der Waals surface area contributed by atoms with Crippen LogP contribution in [-0.2, 0) is 14.0 Å². The van der Waals surface area contributed by atoms with Crippen molar-refractivity contribution in [3.63, 3.8) is 0 Å². The molecule has 0 bridgehead atoms. The summed E-state index contributed by atoms with van der Waals surface area (Å²) in [7, 11) is -1.56. The van der Waals surface area contributed by atoms with Gasteiger partial charge in [0, 0.05) is 6.42 Å². The van der Waals surface area contributed by atoms with Crippen LogP contribution in [0.15, 0.2) is 0 Å². The first kappa shape index (κ1) is 15.6. The highest BCUT2D eigenvalue weighted by Gasteiger charge is 2.30. The maximum atomic E-state index is 11.3. The molecule has 0 amide bonds. The minimum absolute atomic E-state index is 0.124. The zero-order valence-corrected chi connectivity index (χ0v) is 12.6. The molecule has 3 nitrogen and oxygen atoms in total. The summed E-state index contributed by atoms with van der Waals surface area (Å²) in [6, 6.07) is 0. The third-order valence-corrected chi connectivity index (χ3v) is 3.57. The lowest BCUT2D eigenvalue weighted by atomic mass is 9.97. The topological polar surface area (TPSA) is 35.5 Å². The Labute approximate surface area is 101 Å². The van der Waals surface area contributed by atoms with Crippen LogP contribution in [0, 0.1) is 0 Å². The molecule has 4 heteroatoms. The molecule has 0 aromatic heterocycles. The highest BCUT2D eigenvalue weighted by Crippen LogP contribution is 2.26. The molecular formula is C12H26O3Si. The first-order chi connectivity index (χ1) is 7.22. The van der Waals surface area contributed by atoms with Crippen LogP contribution in [0.1, 0.15) is 40.0 Å². The van der Waals surface area contributed by atoms with Gasteiger partial charge in [-0.3, -0.25) is 4.79 Å². The second kappa shape index (κ2) is 6.40. The first-order valence-corrected chi connectivity index (χ1v) is 9.49. The molecule has 0 N–H and O–H groups in total. The molecular weight excluding hydrogens is 220 g/mol. The second-order valence-corrected chi connectivity index (χ2v) is 9.75. The van der Waals surface area contributed by atoms with Gasteiger partial charge in [-0.1, -0.05) is 6.92 Å². The van der Waals surface area contributed by atoms with E-state index in [0.29, 0.717) is 13.0 Å². The largest absolute Gasteiger partial charge is 0.466 e. The maximum Gasteiger partial charge on any atom is 0.305 e. The van der Waals surface area contributed by atoms with E-state index in [1.807, 2.05) is 6.92 Å². The van der Waals surface area contributed by atoms with E-state index >= 15 is 0 Å². The van der Waals surface area contributed by atoms with Gasteiger partial charge >= 0.3 is 5.97 Å². The standard InChI is InChI=1S/C12H26O3Si/c1-7-12(3,15-16(4,5)6)10-9-11(13)14-8-2/h7-10H2,1-6H3. The predicted molar refractivity (Wildman–Crippen MR) is 69.0 cm³/mol. The van der Waals surface area contributed by atoms with Gasteiger partial charge in [-0.05, 0) is 46.3 Å². The summed E-state index contributed by atoms with van der Waals surface area (Å²) in [6.45, 7) is 13.0. The highest BCUT2D eigenvalue weighted by atomic mass is 28.4. The fraction of sp³-hybridized carbons (Fsp3) is 0.917. The number of hydrogen-bond acceptors (Lipinski definition) is 3. The van der Waals surface area contributed by atoms with E-state index in [1.165, 1.54) is 0 Å². The number of rotatable bonds is 7. The summed E-state index contributed by atoms with van der Waals surface area (Å²) < 4.78 is 11.1. The first-order valence-electron chi connectivity index (χ1n) is 6.08. The van der Waals surface area contributed by atoms with Gasteiger partial charge in [0.2, 0.25) is 0 Å². The minimum atomic E-state index is -1.56. The van der Waals surface area contributed by atoms with E-state index < -0.39 is 8.32 Å². The van der Waals surface area contributed by atoms with Crippen molar-refractivity contribution in [2.24, 2.45) is 0 Å². The van der Waals surface area contributed by atoms with Crippen LogP contribution in [0.3, 0.4) is 0 Å². The molecule has 0 aliphatic heterocycles. The minimum Gasteiger partial charge on any atom is -0.466 e. The Morgan fingerprint density at radius 3 is 2.19 bits per heavy atom. The molecule has 0 aliphatic rings. The molecule has 1 unspecified atom stereocenters. The average Bonchev–Trinajstić information content (AvgIpc) is 2.13. The van der Waals surface area contributed by atoms with Crippen LogP contribution in [-0.4, -0.2) is 26.5 Å². The lowest BCUT2D eigenvalue weighted by Crippen LogP contribution is -2.40. The van der Waals surface area contributed by atoms with Crippen LogP contribution in [0.2, 0.25) is 19.6 Å². The summed E-state index contributed by atoms with van der Waals surface area (Å²) in [4.78, 5) is 11.3. The molecule has 0 rings (SSSR count). The molecule has 0 radical (unpaired) electrons. The monoisotopic (exact) mass is 246 g/mol. The number of hydrogen-bond donors (Lipinski definition) is 0. The van der Waals surface area contributed by atoms with E-state index in [1.54, 1.807) is 0 Å². The van der Waals surface area contributed by atoms with Crippen molar-refractivity contribution in [2.75, 3.05) is 6.61 Å². The lowest BCUT2D eigenvalue weighted by Gasteiger charge is -2.35. The Morgan fingerprint density at radius 1 is 1.25 bits per heavy atom. The quantitative estimate of drug-likeness (QED) is 0.510. The Balaban J connectivity index is 4.22. The smallest absolute Gasteiger partial charge is 0.305 e. The molecule has 0 aliphatic carbocycles. The van der Waals surface area contributed by atoms with E-state index in [0.717, 1.165) is 12.8 Å². The van der Waals surface area contributed by atoms with Crippen LogP contribution in [0.4, 0.5) is 0 Å². The number of carbonyl (C=O) groups excluding carboxylic acids is 1. The van der Waals surface area contributed by atoms with Crippen LogP contribution >= 0.6 is 0 Å². The summed E-state index contributed by atoms with van der Waals surface area (Å²) in [5.74, 6) is -0.124. The van der Waals surface area contributed by atoms with Crippen LogP contribution in [0.5, 0.6) is 0 Å². The van der Waals surface area contributed by atoms with Crippen LogP contribution < -0.4 is 0 Å². The van der Waals surface area contributed by atoms with Crippen molar-refractivity contribution >= 4 is 14.3 Å². The molecule has 0 aromatic carbocycles. The Morgan fingerprint density at radius 2 is 1.81 bits per heavy atom. The Kier molecular flexibility index (Phi) is 6.26. The number of esters is 1. The molecule has 0 saturated carbocycles. The van der Waals surface area contributed by atoms with E-state index in [-0.39, 0.29) is 11.6 Å². The zero-order chi connectivity index (χ0) is 12.8. The molecule has 96 valence electrons. The molecule has 0 spiro atoms. The number of ether oxygens (including phenoxy) is 1. The lowest BCUT2D eigenvalue weighted by molar-refractivity contribution is -0.144. The van der Waals surface area contributed by atoms with Crippen molar-refractivity contribution in [3.8, 4) is 0 Å². The van der Waals surface area contributed by atoms with Crippen molar-refractivity contribution in [3.05, 3.63) is 0 Å². The van der Waals surface area contributed by atoms with Crippen LogP contribution in [0.25, 0.3) is 0 Å². The summed E-state index contributed by atoms with van der Waals surface area (Å²) >= 11 is 0. The Hall–Kier alpha value is -0.353. The van der Waals surface area contributed by atoms with Gasteiger partial charge < -0.3 is 9.16 Å². The SMILES string of the molecule is CCOC(=O)CCC(C)(CC)O[Si](C)(C)C. The van der Waals surface area contributed by atoms with Crippen molar-refractivity contribution in [1.82, 2.24) is 0 Å². The van der Waals surface area contributed by atoms with Gasteiger partial charge in [-0.15, -0.1) is 0 Å². The number of carbonyl (C=O) groups is 1. The van der Waals surface area contributed by atoms with Gasteiger partial charge in [-0.2, -0.15) is 0 Å². The highest BCUT2D eigenvalue weighted by molar-refractivity contribution is 6.69. The summed E-state index contributed by atoms with van der Waals surface area (Å²) in [5, 5.41) is 0. The third-order valence-electron chi connectivity index (χ3n) is 2.46. The predicted octanol–water partition coefficient (Wildman–Crippen LogP) is 3.35. The van der Waals surface area contributed by atoms with Gasteiger partial charge in [0.05, 0.1) is 12.2 Å².